The number of hydrogen-bond acceptors (Lipinski definition) is 8. The monoisotopic (exact) mass is 1320 g/mol. The number of rotatable bonds is 18. The molecule has 0 bridgehead atoms. The maximum absolute atomic E-state index is 7.69. The topological polar surface area (TPSA) is 73.8 Å². The van der Waals surface area contributed by atoms with Gasteiger partial charge in [-0.15, -0.1) is 0 Å². The molecule has 0 saturated heterocycles. The van der Waals surface area contributed by atoms with Gasteiger partial charge in [0.15, 0.2) is 0 Å². The molecule has 0 aliphatic carbocycles. The first-order valence-corrected chi connectivity index (χ1v) is 34.1. The molecule has 0 amide bonds. The van der Waals surface area contributed by atoms with Crippen LogP contribution in [0.4, 0.5) is 0 Å². The zero-order chi connectivity index (χ0) is 64.7. The van der Waals surface area contributed by atoms with Crippen LogP contribution in [0, 0.1) is 6.92 Å². The van der Waals surface area contributed by atoms with Crippen LogP contribution in [0.15, 0.2) is 97.1 Å². The summed E-state index contributed by atoms with van der Waals surface area (Å²) in [5, 5.41) is 0. The van der Waals surface area contributed by atoms with E-state index < -0.39 is 17.2 Å². The summed E-state index contributed by atoms with van der Waals surface area (Å²) in [6, 6.07) is 34.2. The van der Waals surface area contributed by atoms with Crippen LogP contribution in [-0.2, 0) is 43.3 Å². The lowest BCUT2D eigenvalue weighted by molar-refractivity contribution is 0.371. The highest BCUT2D eigenvalue weighted by Gasteiger charge is 2.37. The number of benzene rings is 6. The lowest BCUT2D eigenvalue weighted by Gasteiger charge is -2.31. The highest BCUT2D eigenvalue weighted by molar-refractivity contribution is 14.1. The minimum absolute atomic E-state index is 0.0237. The molecule has 0 radical (unpaired) electrons. The minimum Gasteiger partial charge on any atom is -0.497 e. The minimum atomic E-state index is -2.29. The van der Waals surface area contributed by atoms with Gasteiger partial charge in [-0.25, -0.2) is 0 Å². The van der Waals surface area contributed by atoms with Crippen LogP contribution < -0.4 is 36.6 Å². The standard InChI is InChI=1S/C75H105IO8P2/c1-29-30-61(76)56-46-53(78-28)45-55(67(56)84-86(81-64-37-33-50(70(9,10)11)42-59(64)74(21,22)23)82-65-38-34-51(71(12,13)14)43-60(65)75(24,25)26)54-44-52(77-27)39-47(2)66(54)83-85(79-62-35-31-48(68(3,4)5)40-57(62)72(15,16)17)80-63-36-32-49(69(6,7)8)41-58(63)73(18,19)20/h31-46,61H,29-30H2,1-28H3. The lowest BCUT2D eigenvalue weighted by atomic mass is 9.80. The molecule has 0 heterocycles. The SMILES string of the molecule is CCCC(I)c1cc(OC)cc(-c2cc(OC)cc(C)c2OP(Oc2ccc(C(C)(C)C)cc2C(C)(C)C)Oc2ccc(C(C)(C)C)cc2C(C)(C)C)c1OP(Oc1ccc(C(C)(C)C)cc1C(C)(C)C)Oc1ccc(C(C)(C)C)cc1C(C)(C)C. The predicted octanol–water partition coefficient (Wildman–Crippen LogP) is 23.9. The Morgan fingerprint density at radius 3 is 0.907 bits per heavy atom. The second kappa shape index (κ2) is 26.4. The van der Waals surface area contributed by atoms with Gasteiger partial charge in [-0.1, -0.05) is 251 Å². The predicted molar refractivity (Wildman–Crippen MR) is 374 cm³/mol. The molecule has 1 unspecified atom stereocenters. The van der Waals surface area contributed by atoms with Crippen LogP contribution in [0.25, 0.3) is 11.1 Å². The third-order valence-electron chi connectivity index (χ3n) is 15.6. The molecule has 1 atom stereocenters. The van der Waals surface area contributed by atoms with Crippen molar-refractivity contribution in [3.63, 3.8) is 0 Å². The van der Waals surface area contributed by atoms with E-state index in [1.54, 1.807) is 14.2 Å². The van der Waals surface area contributed by atoms with E-state index in [1.165, 1.54) is 22.3 Å². The molecule has 0 aliphatic heterocycles. The first-order valence-electron chi connectivity index (χ1n) is 30.7. The summed E-state index contributed by atoms with van der Waals surface area (Å²) in [6.45, 7) is 57.8. The normalized spacial score (nSPS) is 13.4. The second-order valence-corrected chi connectivity index (χ2v) is 35.0. The summed E-state index contributed by atoms with van der Waals surface area (Å²) < 4.78 is 57.0. The summed E-state index contributed by atoms with van der Waals surface area (Å²) in [6.07, 6.45) is 1.79. The van der Waals surface area contributed by atoms with Crippen molar-refractivity contribution in [3.05, 3.63) is 153 Å². The van der Waals surface area contributed by atoms with E-state index in [9.17, 15) is 0 Å². The third kappa shape index (κ3) is 17.6. The van der Waals surface area contributed by atoms with Gasteiger partial charge in [0.2, 0.25) is 0 Å². The quantitative estimate of drug-likeness (QED) is 0.0479. The maximum Gasteiger partial charge on any atom is 0.530 e. The molecular formula is C75H105IO8P2. The van der Waals surface area contributed by atoms with E-state index in [-0.39, 0.29) is 47.2 Å². The van der Waals surface area contributed by atoms with Crippen LogP contribution in [0.1, 0.15) is 245 Å². The summed E-state index contributed by atoms with van der Waals surface area (Å²) in [7, 11) is -1.16. The van der Waals surface area contributed by atoms with Gasteiger partial charge >= 0.3 is 17.2 Å². The smallest absolute Gasteiger partial charge is 0.497 e. The molecule has 86 heavy (non-hydrogen) atoms. The van der Waals surface area contributed by atoms with Crippen LogP contribution in [0.2, 0.25) is 0 Å². The molecule has 11 heteroatoms. The van der Waals surface area contributed by atoms with Crippen molar-refractivity contribution in [2.24, 2.45) is 0 Å². The largest absolute Gasteiger partial charge is 0.530 e. The number of alkyl halides is 1. The fraction of sp³-hybridized carbons (Fsp3) is 0.520. The fourth-order valence-corrected chi connectivity index (χ4v) is 13.4. The zero-order valence-corrected chi connectivity index (χ0v) is 61.7. The Kier molecular flexibility index (Phi) is 21.6. The molecule has 6 aromatic rings. The van der Waals surface area contributed by atoms with E-state index >= 15 is 0 Å². The van der Waals surface area contributed by atoms with Crippen molar-refractivity contribution in [2.45, 2.75) is 240 Å². The van der Waals surface area contributed by atoms with E-state index in [4.69, 9.17) is 36.6 Å². The summed E-state index contributed by atoms with van der Waals surface area (Å²) in [4.78, 5) is 0. The second-order valence-electron chi connectivity index (χ2n) is 31.5. The third-order valence-corrected chi connectivity index (χ3v) is 19.0. The van der Waals surface area contributed by atoms with Gasteiger partial charge in [-0.05, 0) is 133 Å². The number of halogens is 1. The number of aryl methyl sites for hydroxylation is 1. The van der Waals surface area contributed by atoms with Crippen LogP contribution in [0.3, 0.4) is 0 Å². The fourth-order valence-electron chi connectivity index (χ4n) is 10.1. The van der Waals surface area contributed by atoms with Crippen LogP contribution in [0.5, 0.6) is 46.0 Å². The van der Waals surface area contributed by atoms with Gasteiger partial charge < -0.3 is 36.6 Å². The Morgan fingerprint density at radius 2 is 0.640 bits per heavy atom. The van der Waals surface area contributed by atoms with Gasteiger partial charge in [0.25, 0.3) is 0 Å². The Morgan fingerprint density at radius 1 is 0.360 bits per heavy atom. The first-order chi connectivity index (χ1) is 39.3. The lowest BCUT2D eigenvalue weighted by Crippen LogP contribution is -2.19. The van der Waals surface area contributed by atoms with E-state index in [0.717, 1.165) is 46.2 Å². The van der Waals surface area contributed by atoms with Gasteiger partial charge in [0, 0.05) is 42.9 Å². The van der Waals surface area contributed by atoms with Gasteiger partial charge in [0.05, 0.1) is 14.2 Å². The maximum atomic E-state index is 7.69. The molecule has 0 aromatic heterocycles. The molecular weight excluding hydrogens is 1220 g/mol. The van der Waals surface area contributed by atoms with Crippen molar-refractivity contribution in [1.82, 2.24) is 0 Å². The van der Waals surface area contributed by atoms with Crippen LogP contribution >= 0.6 is 39.8 Å². The summed E-state index contributed by atoms with van der Waals surface area (Å²) in [5.41, 5.74) is 10.5. The van der Waals surface area contributed by atoms with Crippen molar-refractivity contribution in [3.8, 4) is 57.1 Å². The van der Waals surface area contributed by atoms with Gasteiger partial charge in [-0.3, -0.25) is 0 Å². The van der Waals surface area contributed by atoms with Crippen molar-refractivity contribution >= 4 is 39.8 Å². The van der Waals surface area contributed by atoms with Gasteiger partial charge in [0.1, 0.15) is 46.0 Å². The van der Waals surface area contributed by atoms with E-state index in [1.807, 2.05) is 25.1 Å². The molecule has 6 aromatic carbocycles. The highest BCUT2D eigenvalue weighted by Crippen LogP contribution is 2.57. The first kappa shape index (κ1) is 70.4. The molecule has 470 valence electrons. The molecule has 0 spiro atoms. The molecule has 0 N–H and O–H groups in total. The summed E-state index contributed by atoms with van der Waals surface area (Å²) >= 11 is 2.55. The van der Waals surface area contributed by atoms with E-state index in [2.05, 4.69) is 275 Å². The van der Waals surface area contributed by atoms with Crippen LogP contribution in [-0.4, -0.2) is 14.2 Å². The Hall–Kier alpha value is -4.69. The average Bonchev–Trinajstić information content (AvgIpc) is 1.10. The molecule has 0 aliphatic rings. The van der Waals surface area contributed by atoms with Crippen molar-refractivity contribution in [2.75, 3.05) is 14.2 Å². The number of methoxy groups -OCH3 is 2. The molecule has 8 nitrogen and oxygen atoms in total. The molecule has 0 fully saturated rings. The van der Waals surface area contributed by atoms with Gasteiger partial charge in [-0.2, -0.15) is 0 Å². The number of hydrogen-bond donors (Lipinski definition) is 0. The van der Waals surface area contributed by atoms with Crippen molar-refractivity contribution < 1.29 is 36.6 Å². The van der Waals surface area contributed by atoms with Crippen molar-refractivity contribution in [1.29, 1.82) is 0 Å². The summed E-state index contributed by atoms with van der Waals surface area (Å²) in [5.74, 6) is 5.12. The Balaban J connectivity index is 1.70. The average molecular weight is 1320 g/mol. The molecule has 0 saturated carbocycles. The highest BCUT2D eigenvalue weighted by atomic mass is 127. The zero-order valence-electron chi connectivity index (χ0n) is 57.8. The Labute approximate surface area is 537 Å². The Bertz CT molecular complexity index is 3170. The number of ether oxygens (including phenoxy) is 2. The molecule has 6 rings (SSSR count). The van der Waals surface area contributed by atoms with E-state index in [0.29, 0.717) is 57.1 Å².